The number of pyridine rings is 2. The third kappa shape index (κ3) is 4.14. The number of hydrogen-bond donors (Lipinski definition) is 0. The molecule has 5 rings (SSSR count). The first-order valence-electron chi connectivity index (χ1n) is 11.6. The molecule has 182 valence electrons. The lowest BCUT2D eigenvalue weighted by atomic mass is 9.90. The summed E-state index contributed by atoms with van der Waals surface area (Å²) in [6.45, 7) is 3.72. The number of piperidine rings is 1. The average Bonchev–Trinajstić information content (AvgIpc) is 3.16. The summed E-state index contributed by atoms with van der Waals surface area (Å²) in [4.78, 5) is 15.6. The van der Waals surface area contributed by atoms with Gasteiger partial charge in [0.05, 0.1) is 29.0 Å². The average molecular weight is 493 g/mol. The van der Waals surface area contributed by atoms with Crippen molar-refractivity contribution in [2.75, 3.05) is 45.2 Å². The summed E-state index contributed by atoms with van der Waals surface area (Å²) in [5.41, 5.74) is 0.854. The third-order valence-electron chi connectivity index (χ3n) is 7.13. The summed E-state index contributed by atoms with van der Waals surface area (Å²) >= 11 is 6.95. The van der Waals surface area contributed by atoms with E-state index in [0.29, 0.717) is 17.3 Å². The van der Waals surface area contributed by atoms with Crippen molar-refractivity contribution in [1.29, 1.82) is 0 Å². The molecule has 6 nitrogen and oxygen atoms in total. The predicted octanol–water partition coefficient (Wildman–Crippen LogP) is 5.05. The number of hydrogen-bond acceptors (Lipinski definition) is 5. The number of nitrogens with zero attached hydrogens (tertiary/aromatic N) is 6. The van der Waals surface area contributed by atoms with Crippen LogP contribution in [-0.4, -0.2) is 64.4 Å². The first kappa shape index (κ1) is 23.4. The van der Waals surface area contributed by atoms with Crippen LogP contribution in [0.2, 0.25) is 5.15 Å². The van der Waals surface area contributed by atoms with Gasteiger partial charge in [-0.25, -0.2) is 4.98 Å². The van der Waals surface area contributed by atoms with Crippen molar-refractivity contribution in [1.82, 2.24) is 24.2 Å². The highest BCUT2D eigenvalue weighted by Gasteiger charge is 2.40. The SMILES string of the molecule is CN1CCN(c2cccc3nc([C@H]4CCC[C@@H](c5ncccc5C(F)(F)F)N4C)c(Cl)n23)CC1. The highest BCUT2D eigenvalue weighted by Crippen LogP contribution is 2.45. The standard InChI is InChI=1S/C24H28ClF3N6/c1-31-12-14-33(15-13-31)20-10-4-9-19-30-22(23(25)34(19)20)18-8-3-7-17(32(18)2)21-16(24(26,27)28)6-5-11-29-21/h4-6,9-11,17-18H,3,7-8,12-15H2,1-2H3/t17-,18+/m0/s1. The molecule has 3 aromatic rings. The lowest BCUT2D eigenvalue weighted by Crippen LogP contribution is -2.45. The van der Waals surface area contributed by atoms with Gasteiger partial charge in [0.2, 0.25) is 0 Å². The molecule has 2 saturated heterocycles. The number of anilines is 1. The van der Waals surface area contributed by atoms with E-state index in [9.17, 15) is 13.2 Å². The normalized spacial score (nSPS) is 23.1. The molecule has 2 aliphatic rings. The van der Waals surface area contributed by atoms with Crippen LogP contribution in [0.4, 0.5) is 19.0 Å². The minimum Gasteiger partial charge on any atom is -0.355 e. The minimum absolute atomic E-state index is 0.0696. The molecule has 0 spiro atoms. The maximum Gasteiger partial charge on any atom is 0.418 e. The van der Waals surface area contributed by atoms with Gasteiger partial charge in [0.15, 0.2) is 0 Å². The zero-order chi connectivity index (χ0) is 24.0. The molecule has 2 fully saturated rings. The van der Waals surface area contributed by atoms with Crippen LogP contribution in [0.1, 0.15) is 48.3 Å². The largest absolute Gasteiger partial charge is 0.418 e. The Balaban J connectivity index is 1.51. The van der Waals surface area contributed by atoms with Crippen molar-refractivity contribution in [3.63, 3.8) is 0 Å². The van der Waals surface area contributed by atoms with Crippen LogP contribution in [0, 0.1) is 0 Å². The highest BCUT2D eigenvalue weighted by molar-refractivity contribution is 6.30. The summed E-state index contributed by atoms with van der Waals surface area (Å²) < 4.78 is 43.1. The minimum atomic E-state index is -4.45. The number of halogens is 4. The number of alkyl halides is 3. The Bertz CT molecular complexity index is 1170. The highest BCUT2D eigenvalue weighted by atomic mass is 35.5. The second-order valence-electron chi connectivity index (χ2n) is 9.22. The lowest BCUT2D eigenvalue weighted by Gasteiger charge is -2.39. The van der Waals surface area contributed by atoms with Crippen molar-refractivity contribution >= 4 is 23.1 Å². The summed E-state index contributed by atoms with van der Waals surface area (Å²) in [5.74, 6) is 0.994. The van der Waals surface area contributed by atoms with Gasteiger partial charge in [0.1, 0.15) is 16.6 Å². The van der Waals surface area contributed by atoms with E-state index in [1.807, 2.05) is 34.5 Å². The van der Waals surface area contributed by atoms with E-state index >= 15 is 0 Å². The zero-order valence-electron chi connectivity index (χ0n) is 19.3. The molecule has 2 atom stereocenters. The number of imidazole rings is 1. The maximum atomic E-state index is 13.7. The van der Waals surface area contributed by atoms with Crippen LogP contribution in [0.25, 0.3) is 5.65 Å². The molecule has 0 amide bonds. The summed E-state index contributed by atoms with van der Waals surface area (Å²) in [6.07, 6.45) is -0.875. The van der Waals surface area contributed by atoms with Crippen LogP contribution in [0.5, 0.6) is 0 Å². The van der Waals surface area contributed by atoms with Gasteiger partial charge in [-0.1, -0.05) is 17.7 Å². The molecular formula is C24H28ClF3N6. The number of likely N-dealkylation sites (tertiary alicyclic amines) is 1. The van der Waals surface area contributed by atoms with E-state index in [0.717, 1.165) is 56.6 Å². The van der Waals surface area contributed by atoms with Crippen molar-refractivity contribution in [3.8, 4) is 0 Å². The van der Waals surface area contributed by atoms with Gasteiger partial charge >= 0.3 is 6.18 Å². The van der Waals surface area contributed by atoms with Crippen molar-refractivity contribution < 1.29 is 13.2 Å². The molecule has 2 aliphatic heterocycles. The van der Waals surface area contributed by atoms with Gasteiger partial charge in [-0.3, -0.25) is 14.3 Å². The lowest BCUT2D eigenvalue weighted by molar-refractivity contribution is -0.139. The molecule has 0 bridgehead atoms. The molecule has 10 heteroatoms. The van der Waals surface area contributed by atoms with Gasteiger partial charge in [-0.2, -0.15) is 13.2 Å². The van der Waals surface area contributed by atoms with Gasteiger partial charge in [-0.15, -0.1) is 0 Å². The second-order valence-corrected chi connectivity index (χ2v) is 9.58. The van der Waals surface area contributed by atoms with Crippen LogP contribution in [0.3, 0.4) is 0 Å². The molecule has 0 radical (unpaired) electrons. The molecular weight excluding hydrogens is 465 g/mol. The third-order valence-corrected chi connectivity index (χ3v) is 7.49. The molecule has 0 aromatic carbocycles. The summed E-state index contributed by atoms with van der Waals surface area (Å²) in [5, 5.41) is 0.527. The number of piperazine rings is 1. The zero-order valence-corrected chi connectivity index (χ0v) is 20.0. The number of aromatic nitrogens is 3. The van der Waals surface area contributed by atoms with Crippen molar-refractivity contribution in [2.45, 2.75) is 37.5 Å². The quantitative estimate of drug-likeness (QED) is 0.511. The predicted molar refractivity (Wildman–Crippen MR) is 126 cm³/mol. The van der Waals surface area contributed by atoms with E-state index in [2.05, 4.69) is 21.8 Å². The molecule has 5 heterocycles. The van der Waals surface area contributed by atoms with Gasteiger partial charge < -0.3 is 9.80 Å². The number of fused-ring (bicyclic) bond motifs is 1. The maximum absolute atomic E-state index is 13.7. The fourth-order valence-corrected chi connectivity index (χ4v) is 5.61. The molecule has 0 aliphatic carbocycles. The Hall–Kier alpha value is -2.36. The number of likely N-dealkylation sites (N-methyl/N-ethyl adjacent to an activating group) is 1. The topological polar surface area (TPSA) is 39.9 Å². The van der Waals surface area contributed by atoms with Gasteiger partial charge in [-0.05, 0) is 57.6 Å². The van der Waals surface area contributed by atoms with Crippen LogP contribution < -0.4 is 4.90 Å². The van der Waals surface area contributed by atoms with E-state index in [4.69, 9.17) is 16.6 Å². The Morgan fingerprint density at radius 2 is 1.65 bits per heavy atom. The smallest absolute Gasteiger partial charge is 0.355 e. The first-order valence-corrected chi connectivity index (χ1v) is 12.0. The van der Waals surface area contributed by atoms with E-state index in [1.165, 1.54) is 12.3 Å². The first-order chi connectivity index (χ1) is 16.3. The Morgan fingerprint density at radius 1 is 0.941 bits per heavy atom. The molecule has 0 saturated carbocycles. The van der Waals surface area contributed by atoms with Crippen molar-refractivity contribution in [2.24, 2.45) is 0 Å². The fourth-order valence-electron chi connectivity index (χ4n) is 5.26. The van der Waals surface area contributed by atoms with Crippen LogP contribution >= 0.6 is 11.6 Å². The Labute approximate surface area is 201 Å². The Morgan fingerprint density at radius 3 is 2.35 bits per heavy atom. The van der Waals surface area contributed by atoms with Crippen LogP contribution in [-0.2, 0) is 6.18 Å². The molecule has 0 unspecified atom stereocenters. The molecule has 0 N–H and O–H groups in total. The summed E-state index contributed by atoms with van der Waals surface area (Å²) in [6, 6.07) is 7.74. The van der Waals surface area contributed by atoms with Crippen LogP contribution in [0.15, 0.2) is 36.5 Å². The summed E-state index contributed by atoms with van der Waals surface area (Å²) in [7, 11) is 3.96. The van der Waals surface area contributed by atoms with E-state index < -0.39 is 17.8 Å². The van der Waals surface area contributed by atoms with E-state index in [-0.39, 0.29) is 11.7 Å². The van der Waals surface area contributed by atoms with E-state index in [1.54, 1.807) is 0 Å². The monoisotopic (exact) mass is 492 g/mol. The Kier molecular flexibility index (Phi) is 6.20. The van der Waals surface area contributed by atoms with Gasteiger partial charge in [0.25, 0.3) is 0 Å². The molecule has 34 heavy (non-hydrogen) atoms. The second kappa shape index (κ2) is 9.02. The van der Waals surface area contributed by atoms with Crippen molar-refractivity contribution in [3.05, 3.63) is 58.6 Å². The molecule has 3 aromatic heterocycles. The van der Waals surface area contributed by atoms with Gasteiger partial charge in [0, 0.05) is 32.4 Å². The number of rotatable bonds is 3. The fraction of sp³-hybridized carbons (Fsp3) is 0.500.